The molecular formula is C36H70N4. The molecule has 0 aliphatic carbocycles. The lowest BCUT2D eigenvalue weighted by Gasteiger charge is -2.23. The number of nitrogens with two attached hydrogens (primary N) is 3. The Hall–Kier alpha value is -0.940. The van der Waals surface area contributed by atoms with Crippen LogP contribution in [0.5, 0.6) is 0 Å². The normalized spacial score (nSPS) is 11.7. The van der Waals surface area contributed by atoms with Crippen molar-refractivity contribution in [3.8, 4) is 0 Å². The van der Waals surface area contributed by atoms with Crippen LogP contribution in [0, 0.1) is 0 Å². The highest BCUT2D eigenvalue weighted by molar-refractivity contribution is 5.39. The zero-order valence-electron chi connectivity index (χ0n) is 27.1. The van der Waals surface area contributed by atoms with Gasteiger partial charge in [0.2, 0.25) is 0 Å². The molecule has 1 aromatic rings. The van der Waals surface area contributed by atoms with E-state index in [0.717, 1.165) is 12.0 Å². The van der Waals surface area contributed by atoms with Crippen molar-refractivity contribution in [2.45, 2.75) is 175 Å². The van der Waals surface area contributed by atoms with Crippen LogP contribution in [0.25, 0.3) is 0 Å². The Morgan fingerprint density at radius 2 is 0.800 bits per heavy atom. The Bertz CT molecular complexity index is 640. The maximum absolute atomic E-state index is 6.13. The summed E-state index contributed by atoms with van der Waals surface area (Å²) in [6.07, 6.45) is 30.4. The topological polar surface area (TPSA) is 81.3 Å². The molecule has 0 aromatic heterocycles. The average Bonchev–Trinajstić information content (AvgIpc) is 2.98. The van der Waals surface area contributed by atoms with Crippen LogP contribution in [-0.4, -0.2) is 24.5 Å². The second-order valence-electron chi connectivity index (χ2n) is 12.3. The van der Waals surface area contributed by atoms with Gasteiger partial charge < -0.3 is 22.1 Å². The standard InChI is InChI=1S/C36H70N4/c1-3-5-7-9-11-13-15-17-19-21-25-40(26-22-20-18-16-14-12-10-8-6-4-2)27-23-24-36-34(31-38)28-33(30-37)29-35(36)32-39/h28-29H,3-27,30-32,37-39H2,1-2H3. The van der Waals surface area contributed by atoms with Crippen LogP contribution >= 0.6 is 0 Å². The minimum atomic E-state index is 0.547. The second kappa shape index (κ2) is 26.9. The molecule has 0 fully saturated rings. The molecule has 6 N–H and O–H groups in total. The molecule has 0 amide bonds. The maximum Gasteiger partial charge on any atom is 0.0181 e. The molecule has 4 nitrogen and oxygen atoms in total. The van der Waals surface area contributed by atoms with Crippen LogP contribution < -0.4 is 17.2 Å². The Labute approximate surface area is 250 Å². The van der Waals surface area contributed by atoms with E-state index in [1.165, 1.54) is 171 Å². The molecule has 0 aliphatic rings. The van der Waals surface area contributed by atoms with Gasteiger partial charge in [0.15, 0.2) is 0 Å². The number of unbranched alkanes of at least 4 members (excludes halogenated alkanes) is 18. The van der Waals surface area contributed by atoms with Crippen molar-refractivity contribution in [1.29, 1.82) is 0 Å². The summed E-state index contributed by atoms with van der Waals surface area (Å²) in [5.74, 6) is 0. The molecule has 0 aliphatic heterocycles. The highest BCUT2D eigenvalue weighted by Gasteiger charge is 2.11. The highest BCUT2D eigenvalue weighted by atomic mass is 15.1. The third kappa shape index (κ3) is 18.5. The molecule has 234 valence electrons. The predicted molar refractivity (Wildman–Crippen MR) is 179 cm³/mol. The van der Waals surface area contributed by atoms with Crippen LogP contribution in [0.3, 0.4) is 0 Å². The van der Waals surface area contributed by atoms with Gasteiger partial charge in [-0.15, -0.1) is 0 Å². The van der Waals surface area contributed by atoms with Crippen molar-refractivity contribution in [3.63, 3.8) is 0 Å². The van der Waals surface area contributed by atoms with Gasteiger partial charge in [-0.1, -0.05) is 142 Å². The Morgan fingerprint density at radius 3 is 1.15 bits per heavy atom. The first-order valence-corrected chi connectivity index (χ1v) is 17.7. The van der Waals surface area contributed by atoms with Crippen LogP contribution in [0.15, 0.2) is 12.1 Å². The van der Waals surface area contributed by atoms with Gasteiger partial charge in [-0.3, -0.25) is 0 Å². The summed E-state index contributed by atoms with van der Waals surface area (Å²) in [5.41, 5.74) is 23.2. The van der Waals surface area contributed by atoms with E-state index < -0.39 is 0 Å². The lowest BCUT2D eigenvalue weighted by atomic mass is 9.94. The molecule has 1 aromatic carbocycles. The van der Waals surface area contributed by atoms with Crippen LogP contribution in [0.1, 0.15) is 171 Å². The minimum Gasteiger partial charge on any atom is -0.326 e. The zero-order chi connectivity index (χ0) is 29.1. The molecule has 0 spiro atoms. The molecule has 0 radical (unpaired) electrons. The number of hydrogen-bond acceptors (Lipinski definition) is 4. The molecule has 0 heterocycles. The summed E-state index contributed by atoms with van der Waals surface area (Å²) in [4.78, 5) is 2.76. The molecule has 0 saturated carbocycles. The third-order valence-corrected chi connectivity index (χ3v) is 8.73. The zero-order valence-corrected chi connectivity index (χ0v) is 27.1. The second-order valence-corrected chi connectivity index (χ2v) is 12.3. The van der Waals surface area contributed by atoms with Crippen molar-refractivity contribution in [2.24, 2.45) is 17.2 Å². The van der Waals surface area contributed by atoms with Crippen molar-refractivity contribution in [1.82, 2.24) is 4.90 Å². The SMILES string of the molecule is CCCCCCCCCCCCN(CCCCCCCCCCCC)CCCc1c(CN)cc(CN)cc1CN. The number of benzene rings is 1. The fourth-order valence-electron chi connectivity index (χ4n) is 6.13. The fourth-order valence-corrected chi connectivity index (χ4v) is 6.13. The van der Waals surface area contributed by atoms with Crippen molar-refractivity contribution in [2.75, 3.05) is 19.6 Å². The van der Waals surface area contributed by atoms with E-state index in [4.69, 9.17) is 17.2 Å². The van der Waals surface area contributed by atoms with Gasteiger partial charge in [0, 0.05) is 19.6 Å². The maximum atomic E-state index is 6.13. The largest absolute Gasteiger partial charge is 0.326 e. The summed E-state index contributed by atoms with van der Waals surface area (Å²) in [6.45, 7) is 9.98. The predicted octanol–water partition coefficient (Wildman–Crippen LogP) is 9.14. The smallest absolute Gasteiger partial charge is 0.0181 e. The lowest BCUT2D eigenvalue weighted by Crippen LogP contribution is -2.28. The first kappa shape index (κ1) is 37.1. The van der Waals surface area contributed by atoms with Crippen LogP contribution in [-0.2, 0) is 26.1 Å². The van der Waals surface area contributed by atoms with Gasteiger partial charge in [0.05, 0.1) is 0 Å². The fraction of sp³-hybridized carbons (Fsp3) is 0.833. The minimum absolute atomic E-state index is 0.547. The molecule has 0 atom stereocenters. The Balaban J connectivity index is 2.43. The van der Waals surface area contributed by atoms with E-state index in [9.17, 15) is 0 Å². The van der Waals surface area contributed by atoms with Gasteiger partial charge in [-0.05, 0) is 67.6 Å². The first-order valence-electron chi connectivity index (χ1n) is 17.7. The summed E-state index contributed by atoms with van der Waals surface area (Å²) < 4.78 is 0. The van der Waals surface area contributed by atoms with E-state index in [-0.39, 0.29) is 0 Å². The Morgan fingerprint density at radius 1 is 0.450 bits per heavy atom. The number of nitrogens with zero attached hydrogens (tertiary/aromatic N) is 1. The first-order chi connectivity index (χ1) is 19.7. The summed E-state index contributed by atoms with van der Waals surface area (Å²) in [5, 5.41) is 0. The number of rotatable bonds is 29. The van der Waals surface area contributed by atoms with E-state index in [1.54, 1.807) is 0 Å². The summed E-state index contributed by atoms with van der Waals surface area (Å²) in [7, 11) is 0. The van der Waals surface area contributed by atoms with E-state index in [0.29, 0.717) is 19.6 Å². The van der Waals surface area contributed by atoms with E-state index in [1.807, 2.05) is 0 Å². The van der Waals surface area contributed by atoms with E-state index >= 15 is 0 Å². The molecular weight excluding hydrogens is 488 g/mol. The van der Waals surface area contributed by atoms with Crippen molar-refractivity contribution in [3.05, 3.63) is 34.4 Å². The molecule has 0 unspecified atom stereocenters. The monoisotopic (exact) mass is 559 g/mol. The van der Waals surface area contributed by atoms with Crippen LogP contribution in [0.2, 0.25) is 0 Å². The molecule has 0 bridgehead atoms. The average molecular weight is 559 g/mol. The molecule has 40 heavy (non-hydrogen) atoms. The van der Waals surface area contributed by atoms with Gasteiger partial charge >= 0.3 is 0 Å². The molecule has 0 saturated heterocycles. The van der Waals surface area contributed by atoms with Crippen molar-refractivity contribution >= 4 is 0 Å². The van der Waals surface area contributed by atoms with Gasteiger partial charge in [-0.25, -0.2) is 0 Å². The van der Waals surface area contributed by atoms with E-state index in [2.05, 4.69) is 30.9 Å². The summed E-state index contributed by atoms with van der Waals surface area (Å²) in [6, 6.07) is 4.39. The Kier molecular flexibility index (Phi) is 25.0. The molecule has 4 heteroatoms. The molecule has 1 rings (SSSR count). The third-order valence-electron chi connectivity index (χ3n) is 8.73. The van der Waals surface area contributed by atoms with Crippen LogP contribution in [0.4, 0.5) is 0 Å². The summed E-state index contributed by atoms with van der Waals surface area (Å²) >= 11 is 0. The van der Waals surface area contributed by atoms with Crippen molar-refractivity contribution < 1.29 is 0 Å². The number of hydrogen-bond donors (Lipinski definition) is 3. The van der Waals surface area contributed by atoms with Gasteiger partial charge in [0.25, 0.3) is 0 Å². The van der Waals surface area contributed by atoms with Gasteiger partial charge in [0.1, 0.15) is 0 Å². The van der Waals surface area contributed by atoms with Gasteiger partial charge in [-0.2, -0.15) is 0 Å². The highest BCUT2D eigenvalue weighted by Crippen LogP contribution is 2.20. The quantitative estimate of drug-likeness (QED) is 0.0856. The lowest BCUT2D eigenvalue weighted by molar-refractivity contribution is 0.257.